The number of hydrogen-bond donors (Lipinski definition) is 0. The SMILES string of the molecule is CS(C)(=O)=O.O=CC(F)(F)F.c1ccc(-c2ccccc2)cc1. The third-order valence-electron chi connectivity index (χ3n) is 2.01. The van der Waals surface area contributed by atoms with E-state index in [0.717, 1.165) is 12.5 Å². The quantitative estimate of drug-likeness (QED) is 0.739. The Morgan fingerprint density at radius 3 is 1.17 bits per heavy atom. The molecule has 0 atom stereocenters. The van der Waals surface area contributed by atoms with E-state index in [9.17, 15) is 21.6 Å². The fourth-order valence-electron chi connectivity index (χ4n) is 1.26. The van der Waals surface area contributed by atoms with Crippen LogP contribution in [-0.2, 0) is 14.6 Å². The molecule has 0 bridgehead atoms. The predicted molar refractivity (Wildman–Crippen MR) is 84.8 cm³/mol. The van der Waals surface area contributed by atoms with E-state index in [1.54, 1.807) is 0 Å². The molecule has 0 amide bonds. The molecule has 0 aliphatic heterocycles. The molecule has 2 rings (SSSR count). The van der Waals surface area contributed by atoms with Gasteiger partial charge in [0, 0.05) is 12.5 Å². The van der Waals surface area contributed by atoms with E-state index in [4.69, 9.17) is 4.79 Å². The molecular weight excluding hydrogens is 329 g/mol. The van der Waals surface area contributed by atoms with E-state index >= 15 is 0 Å². The van der Waals surface area contributed by atoms with Gasteiger partial charge in [-0.05, 0) is 11.1 Å². The molecule has 23 heavy (non-hydrogen) atoms. The van der Waals surface area contributed by atoms with Crippen molar-refractivity contribution in [3.8, 4) is 11.1 Å². The van der Waals surface area contributed by atoms with Crippen molar-refractivity contribution in [2.75, 3.05) is 12.5 Å². The summed E-state index contributed by atoms with van der Waals surface area (Å²) in [6.45, 7) is 0. The summed E-state index contributed by atoms with van der Waals surface area (Å²) >= 11 is 0. The monoisotopic (exact) mass is 346 g/mol. The lowest BCUT2D eigenvalue weighted by molar-refractivity contribution is -0.156. The van der Waals surface area contributed by atoms with Crippen LogP contribution < -0.4 is 0 Å². The summed E-state index contributed by atoms with van der Waals surface area (Å²) in [5, 5.41) is 0. The van der Waals surface area contributed by atoms with E-state index in [1.807, 2.05) is 12.1 Å². The maximum absolute atomic E-state index is 10.4. The van der Waals surface area contributed by atoms with Crippen LogP contribution in [0.25, 0.3) is 11.1 Å². The van der Waals surface area contributed by atoms with Crippen molar-refractivity contribution in [3.05, 3.63) is 60.7 Å². The first-order valence-electron chi connectivity index (χ1n) is 6.31. The van der Waals surface area contributed by atoms with Crippen molar-refractivity contribution in [3.63, 3.8) is 0 Å². The second-order valence-corrected chi connectivity index (χ2v) is 6.82. The highest BCUT2D eigenvalue weighted by atomic mass is 32.2. The van der Waals surface area contributed by atoms with E-state index in [0.29, 0.717) is 0 Å². The highest BCUT2D eigenvalue weighted by molar-refractivity contribution is 7.89. The van der Waals surface area contributed by atoms with E-state index in [-0.39, 0.29) is 0 Å². The van der Waals surface area contributed by atoms with Gasteiger partial charge in [0.25, 0.3) is 0 Å². The van der Waals surface area contributed by atoms with Crippen molar-refractivity contribution in [1.82, 2.24) is 0 Å². The van der Waals surface area contributed by atoms with Crippen molar-refractivity contribution in [1.29, 1.82) is 0 Å². The van der Waals surface area contributed by atoms with Crippen LogP contribution in [0.4, 0.5) is 13.2 Å². The molecule has 7 heteroatoms. The van der Waals surface area contributed by atoms with Gasteiger partial charge in [0.1, 0.15) is 9.84 Å². The van der Waals surface area contributed by atoms with Gasteiger partial charge in [0.05, 0.1) is 0 Å². The average Bonchev–Trinajstić information content (AvgIpc) is 2.47. The summed E-state index contributed by atoms with van der Waals surface area (Å²) in [5.74, 6) is 0. The Morgan fingerprint density at radius 2 is 1.00 bits per heavy atom. The molecule has 0 spiro atoms. The molecule has 0 aliphatic rings. The maximum Gasteiger partial charge on any atom is 0.446 e. The lowest BCUT2D eigenvalue weighted by Gasteiger charge is -1.98. The van der Waals surface area contributed by atoms with Gasteiger partial charge in [0.15, 0.2) is 0 Å². The topological polar surface area (TPSA) is 51.2 Å². The van der Waals surface area contributed by atoms with E-state index in [1.165, 1.54) is 11.1 Å². The Kier molecular flexibility index (Phi) is 8.87. The number of hydrogen-bond acceptors (Lipinski definition) is 3. The lowest BCUT2D eigenvalue weighted by atomic mass is 10.1. The Balaban J connectivity index is 0.000000374. The van der Waals surface area contributed by atoms with Crippen LogP contribution in [0, 0.1) is 0 Å². The van der Waals surface area contributed by atoms with Crippen LogP contribution in [0.2, 0.25) is 0 Å². The maximum atomic E-state index is 10.4. The lowest BCUT2D eigenvalue weighted by Crippen LogP contribution is -2.07. The number of carbonyl (C=O) groups excluding carboxylic acids is 1. The van der Waals surface area contributed by atoms with Gasteiger partial charge in [-0.2, -0.15) is 13.2 Å². The Hall–Kier alpha value is -2.15. The fraction of sp³-hybridized carbons (Fsp3) is 0.188. The first kappa shape index (κ1) is 20.9. The van der Waals surface area contributed by atoms with Gasteiger partial charge in [-0.15, -0.1) is 0 Å². The molecule has 0 heterocycles. The standard InChI is InChI=1S/C12H10.C2HF3O.C2H6O2S/c1-3-7-11(8-4-1)12-9-5-2-6-10-12;3-2(4,5)1-6;1-5(2,3)4/h1-10H;1H;1-2H3. The zero-order valence-corrected chi connectivity index (χ0v) is 13.4. The smallest absolute Gasteiger partial charge is 0.293 e. The molecule has 0 saturated heterocycles. The van der Waals surface area contributed by atoms with Crippen molar-refractivity contribution in [2.45, 2.75) is 6.18 Å². The fourth-order valence-corrected chi connectivity index (χ4v) is 1.26. The molecule has 0 aliphatic carbocycles. The molecule has 0 unspecified atom stereocenters. The normalized spacial score (nSPS) is 10.5. The highest BCUT2D eigenvalue weighted by Crippen LogP contribution is 2.17. The molecular formula is C16H17F3O3S. The van der Waals surface area contributed by atoms with E-state index in [2.05, 4.69) is 48.5 Å². The molecule has 3 nitrogen and oxygen atoms in total. The third-order valence-corrected chi connectivity index (χ3v) is 2.01. The zero-order chi connectivity index (χ0) is 17.9. The second kappa shape index (κ2) is 9.78. The van der Waals surface area contributed by atoms with Crippen molar-refractivity contribution in [2.24, 2.45) is 0 Å². The summed E-state index contributed by atoms with van der Waals surface area (Å²) in [6.07, 6.45) is -3.38. The van der Waals surface area contributed by atoms with Gasteiger partial charge in [-0.1, -0.05) is 60.7 Å². The van der Waals surface area contributed by atoms with Gasteiger partial charge in [-0.3, -0.25) is 4.79 Å². The zero-order valence-electron chi connectivity index (χ0n) is 12.6. The van der Waals surface area contributed by atoms with Gasteiger partial charge < -0.3 is 0 Å². The summed E-state index contributed by atoms with van der Waals surface area (Å²) in [6, 6.07) is 20.8. The Labute approximate surface area is 133 Å². The number of sulfone groups is 1. The van der Waals surface area contributed by atoms with Gasteiger partial charge in [0.2, 0.25) is 6.29 Å². The van der Waals surface area contributed by atoms with Gasteiger partial charge >= 0.3 is 6.18 Å². The minimum atomic E-state index is -4.64. The van der Waals surface area contributed by atoms with Crippen molar-refractivity contribution < 1.29 is 26.4 Å². The highest BCUT2D eigenvalue weighted by Gasteiger charge is 2.24. The van der Waals surface area contributed by atoms with Gasteiger partial charge in [-0.25, -0.2) is 8.42 Å². The first-order chi connectivity index (χ1) is 10.5. The molecule has 0 radical (unpaired) electrons. The van der Waals surface area contributed by atoms with Crippen molar-refractivity contribution >= 4 is 16.1 Å². The molecule has 126 valence electrons. The molecule has 0 fully saturated rings. The van der Waals surface area contributed by atoms with Crippen LogP contribution in [0.3, 0.4) is 0 Å². The minimum Gasteiger partial charge on any atom is -0.293 e. The summed E-state index contributed by atoms with van der Waals surface area (Å²) in [7, 11) is -2.67. The van der Waals surface area contributed by atoms with Crippen LogP contribution in [0.15, 0.2) is 60.7 Å². The number of aldehydes is 1. The summed E-state index contributed by atoms with van der Waals surface area (Å²) in [5.41, 5.74) is 2.55. The average molecular weight is 346 g/mol. The number of benzene rings is 2. The van der Waals surface area contributed by atoms with Crippen LogP contribution in [0.1, 0.15) is 0 Å². The number of alkyl halides is 3. The minimum absolute atomic E-state index is 1.06. The van der Waals surface area contributed by atoms with E-state index < -0.39 is 22.3 Å². The summed E-state index contributed by atoms with van der Waals surface area (Å²) < 4.78 is 50.5. The number of carbonyl (C=O) groups is 1. The first-order valence-corrected chi connectivity index (χ1v) is 8.61. The number of halogens is 3. The predicted octanol–water partition coefficient (Wildman–Crippen LogP) is 3.76. The third kappa shape index (κ3) is 14.5. The second-order valence-electron chi connectivity index (χ2n) is 4.53. The molecule has 0 N–H and O–H groups in total. The molecule has 0 aromatic heterocycles. The van der Waals surface area contributed by atoms with Crippen LogP contribution >= 0.6 is 0 Å². The largest absolute Gasteiger partial charge is 0.446 e. The molecule has 2 aromatic carbocycles. The Morgan fingerprint density at radius 1 is 0.783 bits per heavy atom. The molecule has 0 saturated carbocycles. The number of rotatable bonds is 1. The summed E-state index contributed by atoms with van der Waals surface area (Å²) in [4.78, 5) is 8.70. The Bertz CT molecular complexity index is 621. The molecule has 2 aromatic rings. The van der Waals surface area contributed by atoms with Crippen LogP contribution in [0.5, 0.6) is 0 Å². The van der Waals surface area contributed by atoms with Crippen LogP contribution in [-0.4, -0.2) is 33.4 Å².